The number of rotatable bonds is 4. The van der Waals surface area contributed by atoms with Crippen LogP contribution in [0.25, 0.3) is 0 Å². The Labute approximate surface area is 156 Å². The van der Waals surface area contributed by atoms with E-state index in [-0.39, 0.29) is 42.2 Å². The Kier molecular flexibility index (Phi) is 6.19. The molecule has 1 aliphatic heterocycles. The number of hydrogen-bond donors (Lipinski definition) is 4. The monoisotopic (exact) mass is 374 g/mol. The molecule has 0 bridgehead atoms. The van der Waals surface area contributed by atoms with Crippen molar-refractivity contribution in [3.63, 3.8) is 0 Å². The Morgan fingerprint density at radius 1 is 0.962 bits per heavy atom. The van der Waals surface area contributed by atoms with Crippen LogP contribution in [0.4, 0.5) is 0 Å². The molecular weight excluding hydrogens is 336 g/mol. The zero-order valence-corrected chi connectivity index (χ0v) is 16.5. The minimum Gasteiger partial charge on any atom is -0.412 e. The van der Waals surface area contributed by atoms with E-state index in [0.717, 1.165) is 32.1 Å². The lowest BCUT2D eigenvalue weighted by atomic mass is 9.43. The van der Waals surface area contributed by atoms with E-state index in [9.17, 15) is 20.4 Å². The zero-order chi connectivity index (χ0) is 18.5. The molecule has 0 aromatic heterocycles. The maximum atomic E-state index is 10.6. The molecule has 3 fully saturated rings. The summed E-state index contributed by atoms with van der Waals surface area (Å²) in [6, 6.07) is 0. The maximum absolute atomic E-state index is 10.6. The average Bonchev–Trinajstić information content (AvgIpc) is 2.99. The van der Waals surface area contributed by atoms with Crippen molar-refractivity contribution < 1.29 is 30.6 Å². The highest BCUT2D eigenvalue weighted by molar-refractivity contribution is 5.17. The molecule has 1 spiro atoms. The van der Waals surface area contributed by atoms with Crippen LogP contribution in [0.3, 0.4) is 0 Å². The van der Waals surface area contributed by atoms with E-state index >= 15 is 0 Å². The number of aliphatic hydroxyl groups is 4. The lowest BCUT2D eigenvalue weighted by Gasteiger charge is -2.65. The third-order valence-electron chi connectivity index (χ3n) is 8.46. The summed E-state index contributed by atoms with van der Waals surface area (Å²) in [5.41, 5.74) is -1.66. The molecule has 154 valence electrons. The van der Waals surface area contributed by atoms with Crippen LogP contribution in [0, 0.1) is 22.7 Å². The molecule has 0 aromatic rings. The number of fused-ring (bicyclic) bond motifs is 2. The smallest absolute Gasteiger partial charge is 0.0942 e. The number of aliphatic hydroxyl groups excluding tert-OH is 4. The molecule has 0 amide bonds. The van der Waals surface area contributed by atoms with Gasteiger partial charge in [-0.3, -0.25) is 0 Å². The highest BCUT2D eigenvalue weighted by atomic mass is 16.5. The van der Waals surface area contributed by atoms with Crippen molar-refractivity contribution >= 4 is 0 Å². The van der Waals surface area contributed by atoms with Crippen LogP contribution >= 0.6 is 0 Å². The lowest BCUT2D eigenvalue weighted by molar-refractivity contribution is -0.272. The summed E-state index contributed by atoms with van der Waals surface area (Å²) in [4.78, 5) is 0. The predicted octanol–water partition coefficient (Wildman–Crippen LogP) is 1.03. The molecule has 0 unspecified atom stereocenters. The van der Waals surface area contributed by atoms with E-state index in [1.54, 1.807) is 0 Å². The van der Waals surface area contributed by atoms with Gasteiger partial charge in [-0.15, -0.1) is 0 Å². The van der Waals surface area contributed by atoms with Gasteiger partial charge < -0.3 is 30.6 Å². The van der Waals surface area contributed by atoms with Crippen LogP contribution in [0.5, 0.6) is 0 Å². The van der Waals surface area contributed by atoms with Crippen molar-refractivity contribution in [2.45, 2.75) is 83.0 Å². The Bertz CT molecular complexity index is 501. The van der Waals surface area contributed by atoms with E-state index in [2.05, 4.69) is 13.8 Å². The van der Waals surface area contributed by atoms with Crippen LogP contribution in [0.15, 0.2) is 0 Å². The highest BCUT2D eigenvalue weighted by Crippen LogP contribution is 2.67. The predicted molar refractivity (Wildman–Crippen MR) is 98.6 cm³/mol. The normalized spacial score (nSPS) is 51.1. The van der Waals surface area contributed by atoms with Gasteiger partial charge in [0.25, 0.3) is 0 Å². The molecular formula is C20H38O6. The second-order valence-corrected chi connectivity index (χ2v) is 9.47. The third-order valence-corrected chi connectivity index (χ3v) is 8.46. The molecule has 6 nitrogen and oxygen atoms in total. The molecule has 2 aliphatic carbocycles. The summed E-state index contributed by atoms with van der Waals surface area (Å²) in [5.74, 6) is 0.549. The quantitative estimate of drug-likeness (QED) is 0.585. The van der Waals surface area contributed by atoms with Crippen molar-refractivity contribution in [2.24, 2.45) is 22.7 Å². The third kappa shape index (κ3) is 2.76. The fraction of sp³-hybridized carbons (Fsp3) is 1.00. The second-order valence-electron chi connectivity index (χ2n) is 9.47. The topological polar surface area (TPSA) is 122 Å². The zero-order valence-electron chi connectivity index (χ0n) is 16.5. The summed E-state index contributed by atoms with van der Waals surface area (Å²) in [6.45, 7) is 6.47. The molecule has 0 aromatic carbocycles. The first-order chi connectivity index (χ1) is 11.7. The lowest BCUT2D eigenvalue weighted by Crippen LogP contribution is -2.66. The fourth-order valence-corrected chi connectivity index (χ4v) is 6.70. The first-order valence-corrected chi connectivity index (χ1v) is 9.94. The van der Waals surface area contributed by atoms with Crippen molar-refractivity contribution in [2.75, 3.05) is 19.8 Å². The highest BCUT2D eigenvalue weighted by Gasteiger charge is 2.68. The molecule has 1 heterocycles. The summed E-state index contributed by atoms with van der Waals surface area (Å²) in [6.07, 6.45) is 5.15. The van der Waals surface area contributed by atoms with Crippen molar-refractivity contribution in [1.82, 2.24) is 0 Å². The SMILES string of the molecule is C[C@@H]1CC[C@H]2[C@](C)(CO)[C@@H](O)CC[C@]2(C)[C@@]12CC[C@@](CO)(CCO)O2.O. The van der Waals surface area contributed by atoms with Gasteiger partial charge in [0.15, 0.2) is 0 Å². The Morgan fingerprint density at radius 3 is 2.23 bits per heavy atom. The van der Waals surface area contributed by atoms with Gasteiger partial charge in [0, 0.05) is 23.9 Å². The number of hydrogen-bond acceptors (Lipinski definition) is 5. The first-order valence-electron chi connectivity index (χ1n) is 9.94. The molecule has 3 rings (SSSR count). The number of ether oxygens (including phenoxy) is 1. The summed E-state index contributed by atoms with van der Waals surface area (Å²) < 4.78 is 6.75. The first kappa shape index (κ1) is 22.1. The van der Waals surface area contributed by atoms with Gasteiger partial charge in [0.05, 0.1) is 30.5 Å². The largest absolute Gasteiger partial charge is 0.412 e. The van der Waals surface area contributed by atoms with Crippen LogP contribution in [-0.4, -0.2) is 63.0 Å². The minimum atomic E-state index is -0.653. The van der Waals surface area contributed by atoms with Gasteiger partial charge in [-0.1, -0.05) is 20.8 Å². The Morgan fingerprint density at radius 2 is 1.65 bits per heavy atom. The summed E-state index contributed by atoms with van der Waals surface area (Å²) in [7, 11) is 0. The standard InChI is InChI=1S/C20H36O5.H2O/c1-14-4-5-15-17(2,12-22)16(24)6-7-18(15,3)20(14)9-8-19(13-23,25-20)10-11-21;/h14-16,21-24H,4-13H2,1-3H3;1H2/t14-,15+,16+,17+,18+,19+,20-;/m1./s1. The van der Waals surface area contributed by atoms with Crippen LogP contribution in [-0.2, 0) is 4.74 Å². The van der Waals surface area contributed by atoms with Crippen molar-refractivity contribution in [1.29, 1.82) is 0 Å². The van der Waals surface area contributed by atoms with Crippen LogP contribution in [0.1, 0.15) is 65.7 Å². The second kappa shape index (κ2) is 7.30. The molecule has 2 saturated carbocycles. The van der Waals surface area contributed by atoms with E-state index in [0.29, 0.717) is 18.8 Å². The van der Waals surface area contributed by atoms with Gasteiger partial charge in [-0.05, 0) is 50.4 Å². The Balaban J connectivity index is 0.00000243. The van der Waals surface area contributed by atoms with Gasteiger partial charge in [-0.25, -0.2) is 0 Å². The van der Waals surface area contributed by atoms with Crippen LogP contribution in [0.2, 0.25) is 0 Å². The van der Waals surface area contributed by atoms with Crippen molar-refractivity contribution in [3.05, 3.63) is 0 Å². The fourth-order valence-electron chi connectivity index (χ4n) is 6.70. The summed E-state index contributed by atoms with van der Waals surface area (Å²) >= 11 is 0. The Hall–Kier alpha value is -0.240. The molecule has 3 aliphatic rings. The molecule has 26 heavy (non-hydrogen) atoms. The molecule has 6 heteroatoms. The van der Waals surface area contributed by atoms with E-state index in [1.165, 1.54) is 0 Å². The van der Waals surface area contributed by atoms with E-state index in [4.69, 9.17) is 4.74 Å². The maximum Gasteiger partial charge on any atom is 0.0942 e. The van der Waals surface area contributed by atoms with Crippen LogP contribution < -0.4 is 0 Å². The molecule has 1 saturated heterocycles. The molecule has 7 atom stereocenters. The van der Waals surface area contributed by atoms with Crippen molar-refractivity contribution in [3.8, 4) is 0 Å². The van der Waals surface area contributed by atoms with Gasteiger partial charge in [-0.2, -0.15) is 0 Å². The molecule has 6 N–H and O–H groups in total. The van der Waals surface area contributed by atoms with E-state index in [1.807, 2.05) is 6.92 Å². The van der Waals surface area contributed by atoms with Gasteiger partial charge in [0.2, 0.25) is 0 Å². The minimum absolute atomic E-state index is 0. The van der Waals surface area contributed by atoms with Gasteiger partial charge in [0.1, 0.15) is 0 Å². The molecule has 0 radical (unpaired) electrons. The van der Waals surface area contributed by atoms with Gasteiger partial charge >= 0.3 is 0 Å². The average molecular weight is 375 g/mol. The summed E-state index contributed by atoms with van der Waals surface area (Å²) in [5, 5.41) is 40.2. The van der Waals surface area contributed by atoms with E-state index < -0.39 is 17.1 Å².